The topological polar surface area (TPSA) is 57.8 Å². The van der Waals surface area contributed by atoms with Crippen molar-refractivity contribution in [2.75, 3.05) is 6.54 Å². The Balaban J connectivity index is 2.42. The summed E-state index contributed by atoms with van der Waals surface area (Å²) in [4.78, 5) is 18.8. The molecule has 1 aliphatic heterocycles. The number of aromatic nitrogens is 2. The zero-order valence-corrected chi connectivity index (χ0v) is 7.85. The van der Waals surface area contributed by atoms with Crippen molar-refractivity contribution in [2.45, 2.75) is 26.3 Å². The number of nitrogens with zero attached hydrogens (tertiary/aromatic N) is 1. The SMILES string of the molecule is CC(C)c1nc2c([nH]1)CNCC2=O. The average Bonchev–Trinajstić information content (AvgIpc) is 2.49. The smallest absolute Gasteiger partial charge is 0.196 e. The molecule has 0 saturated heterocycles. The number of fused-ring (bicyclic) bond motifs is 1. The standard InChI is InChI=1S/C9H13N3O/c1-5(2)9-11-6-3-10-4-7(13)8(6)12-9/h5,10H,3-4H2,1-2H3,(H,11,12). The molecule has 4 heteroatoms. The van der Waals surface area contributed by atoms with Crippen LogP contribution < -0.4 is 5.32 Å². The largest absolute Gasteiger partial charge is 0.344 e. The lowest BCUT2D eigenvalue weighted by atomic mass is 10.2. The van der Waals surface area contributed by atoms with Crippen molar-refractivity contribution in [3.63, 3.8) is 0 Å². The molecule has 70 valence electrons. The molecule has 0 saturated carbocycles. The van der Waals surface area contributed by atoms with Crippen LogP contribution in [0.1, 0.15) is 41.8 Å². The summed E-state index contributed by atoms with van der Waals surface area (Å²) >= 11 is 0. The summed E-state index contributed by atoms with van der Waals surface area (Å²) in [6.45, 7) is 5.25. The summed E-state index contributed by atoms with van der Waals surface area (Å²) in [5, 5.41) is 3.02. The predicted octanol–water partition coefficient (Wildman–Crippen LogP) is 0.819. The van der Waals surface area contributed by atoms with Gasteiger partial charge in [0.1, 0.15) is 11.5 Å². The van der Waals surface area contributed by atoms with Crippen molar-refractivity contribution in [3.05, 3.63) is 17.2 Å². The predicted molar refractivity (Wildman–Crippen MR) is 48.7 cm³/mol. The van der Waals surface area contributed by atoms with Gasteiger partial charge in [0, 0.05) is 12.5 Å². The molecule has 0 fully saturated rings. The van der Waals surface area contributed by atoms with Crippen LogP contribution in [-0.4, -0.2) is 22.3 Å². The third-order valence-corrected chi connectivity index (χ3v) is 2.20. The van der Waals surface area contributed by atoms with Gasteiger partial charge in [-0.15, -0.1) is 0 Å². The summed E-state index contributed by atoms with van der Waals surface area (Å²) in [5.74, 6) is 1.34. The first kappa shape index (κ1) is 8.44. The first-order chi connectivity index (χ1) is 6.18. The van der Waals surface area contributed by atoms with E-state index in [0.717, 1.165) is 18.1 Å². The van der Waals surface area contributed by atoms with Crippen molar-refractivity contribution in [3.8, 4) is 0 Å². The molecule has 0 amide bonds. The molecule has 0 aliphatic carbocycles. The van der Waals surface area contributed by atoms with Gasteiger partial charge in [-0.1, -0.05) is 13.8 Å². The number of aromatic amines is 1. The van der Waals surface area contributed by atoms with E-state index in [0.29, 0.717) is 18.2 Å². The van der Waals surface area contributed by atoms with Crippen molar-refractivity contribution in [1.82, 2.24) is 15.3 Å². The normalized spacial score (nSPS) is 16.4. The van der Waals surface area contributed by atoms with E-state index in [2.05, 4.69) is 29.1 Å². The second kappa shape index (κ2) is 2.96. The number of ketones is 1. The summed E-state index contributed by atoms with van der Waals surface area (Å²) in [5.41, 5.74) is 1.56. The minimum Gasteiger partial charge on any atom is -0.344 e. The van der Waals surface area contributed by atoms with Gasteiger partial charge < -0.3 is 10.3 Å². The number of Topliss-reactive ketones (excluding diaryl/α,β-unsaturated/α-hetero) is 1. The van der Waals surface area contributed by atoms with E-state index in [1.165, 1.54) is 0 Å². The van der Waals surface area contributed by atoms with Crippen LogP contribution >= 0.6 is 0 Å². The molecule has 0 atom stereocenters. The lowest BCUT2D eigenvalue weighted by Crippen LogP contribution is -2.29. The summed E-state index contributed by atoms with van der Waals surface area (Å²) < 4.78 is 0. The average molecular weight is 179 g/mol. The molecule has 13 heavy (non-hydrogen) atoms. The highest BCUT2D eigenvalue weighted by Gasteiger charge is 2.21. The molecule has 1 aromatic rings. The number of hydrogen-bond acceptors (Lipinski definition) is 3. The molecule has 0 spiro atoms. The van der Waals surface area contributed by atoms with Crippen LogP contribution in [0.2, 0.25) is 0 Å². The molecule has 1 aliphatic rings. The van der Waals surface area contributed by atoms with Crippen LogP contribution in [0.3, 0.4) is 0 Å². The number of H-pyrrole nitrogens is 1. The van der Waals surface area contributed by atoms with E-state index in [4.69, 9.17) is 0 Å². The molecular weight excluding hydrogens is 166 g/mol. The highest BCUT2D eigenvalue weighted by molar-refractivity contribution is 5.97. The number of carbonyl (C=O) groups is 1. The third kappa shape index (κ3) is 1.37. The molecule has 1 aromatic heterocycles. The Morgan fingerprint density at radius 2 is 2.15 bits per heavy atom. The van der Waals surface area contributed by atoms with Crippen LogP contribution in [0, 0.1) is 0 Å². The van der Waals surface area contributed by atoms with E-state index < -0.39 is 0 Å². The van der Waals surface area contributed by atoms with Crippen molar-refractivity contribution in [1.29, 1.82) is 0 Å². The van der Waals surface area contributed by atoms with Gasteiger partial charge in [-0.25, -0.2) is 4.98 Å². The maximum absolute atomic E-state index is 11.4. The van der Waals surface area contributed by atoms with Crippen LogP contribution in [0.5, 0.6) is 0 Å². The summed E-state index contributed by atoms with van der Waals surface area (Å²) in [7, 11) is 0. The first-order valence-corrected chi connectivity index (χ1v) is 4.51. The van der Waals surface area contributed by atoms with Crippen molar-refractivity contribution >= 4 is 5.78 Å². The minimum atomic E-state index is 0.0874. The van der Waals surface area contributed by atoms with Gasteiger partial charge in [0.15, 0.2) is 5.78 Å². The van der Waals surface area contributed by atoms with Crippen LogP contribution in [-0.2, 0) is 6.54 Å². The molecule has 0 unspecified atom stereocenters. The van der Waals surface area contributed by atoms with E-state index in [1.54, 1.807) is 0 Å². The molecule has 4 nitrogen and oxygen atoms in total. The van der Waals surface area contributed by atoms with Crippen molar-refractivity contribution < 1.29 is 4.79 Å². The molecule has 2 heterocycles. The highest BCUT2D eigenvalue weighted by atomic mass is 16.1. The van der Waals surface area contributed by atoms with Gasteiger partial charge >= 0.3 is 0 Å². The lowest BCUT2D eigenvalue weighted by Gasteiger charge is -2.08. The number of imidazole rings is 1. The first-order valence-electron chi connectivity index (χ1n) is 4.51. The second-order valence-corrected chi connectivity index (χ2v) is 3.63. The molecular formula is C9H13N3O. The monoisotopic (exact) mass is 179 g/mol. The maximum Gasteiger partial charge on any atom is 0.196 e. The van der Waals surface area contributed by atoms with Crippen molar-refractivity contribution in [2.24, 2.45) is 0 Å². The van der Waals surface area contributed by atoms with Gasteiger partial charge in [0.2, 0.25) is 0 Å². The highest BCUT2D eigenvalue weighted by Crippen LogP contribution is 2.16. The van der Waals surface area contributed by atoms with Gasteiger partial charge in [0.05, 0.1) is 12.2 Å². The number of hydrogen-bond donors (Lipinski definition) is 2. The zero-order chi connectivity index (χ0) is 9.42. The fraction of sp³-hybridized carbons (Fsp3) is 0.556. The Kier molecular flexibility index (Phi) is 1.92. The third-order valence-electron chi connectivity index (χ3n) is 2.20. The molecule has 0 bridgehead atoms. The Labute approximate surface area is 76.8 Å². The maximum atomic E-state index is 11.4. The number of rotatable bonds is 1. The zero-order valence-electron chi connectivity index (χ0n) is 7.85. The Hall–Kier alpha value is -1.16. The summed E-state index contributed by atoms with van der Waals surface area (Å²) in [6.07, 6.45) is 0. The molecule has 0 radical (unpaired) electrons. The van der Waals surface area contributed by atoms with Gasteiger partial charge in [-0.2, -0.15) is 0 Å². The second-order valence-electron chi connectivity index (χ2n) is 3.63. The summed E-state index contributed by atoms with van der Waals surface area (Å²) in [6, 6.07) is 0. The van der Waals surface area contributed by atoms with Gasteiger partial charge in [0.25, 0.3) is 0 Å². The van der Waals surface area contributed by atoms with Gasteiger partial charge in [-0.05, 0) is 0 Å². The van der Waals surface area contributed by atoms with Crippen LogP contribution in [0.15, 0.2) is 0 Å². The lowest BCUT2D eigenvalue weighted by molar-refractivity contribution is 0.0977. The van der Waals surface area contributed by atoms with Crippen LogP contribution in [0.25, 0.3) is 0 Å². The fourth-order valence-electron chi connectivity index (χ4n) is 1.45. The van der Waals surface area contributed by atoms with Gasteiger partial charge in [-0.3, -0.25) is 4.79 Å². The van der Waals surface area contributed by atoms with E-state index in [-0.39, 0.29) is 5.78 Å². The Morgan fingerprint density at radius 3 is 2.77 bits per heavy atom. The van der Waals surface area contributed by atoms with E-state index >= 15 is 0 Å². The van der Waals surface area contributed by atoms with E-state index in [1.807, 2.05) is 0 Å². The molecule has 2 N–H and O–H groups in total. The quantitative estimate of drug-likeness (QED) is 0.671. The number of nitrogens with one attached hydrogen (secondary N) is 2. The molecule has 2 rings (SSSR count). The minimum absolute atomic E-state index is 0.0874. The Morgan fingerprint density at radius 1 is 1.38 bits per heavy atom. The van der Waals surface area contributed by atoms with Crippen LogP contribution in [0.4, 0.5) is 0 Å². The molecule has 0 aromatic carbocycles. The fourth-order valence-corrected chi connectivity index (χ4v) is 1.45. The number of carbonyl (C=O) groups excluding carboxylic acids is 1. The Bertz CT molecular complexity index is 341. The van der Waals surface area contributed by atoms with E-state index in [9.17, 15) is 4.79 Å².